The maximum absolute atomic E-state index is 9.31. The third-order valence-corrected chi connectivity index (χ3v) is 1.42. The minimum Gasteiger partial charge on any atom is -0.388 e. The van der Waals surface area contributed by atoms with Crippen molar-refractivity contribution in [2.75, 3.05) is 39.5 Å². The molecule has 0 rings (SSSR count). The first-order valence-corrected chi connectivity index (χ1v) is 4.66. The zero-order chi connectivity index (χ0) is 12.1. The lowest BCUT2D eigenvalue weighted by atomic mass is 10.4. The van der Waals surface area contributed by atoms with Crippen molar-refractivity contribution in [3.63, 3.8) is 0 Å². The Labute approximate surface area is 92.2 Å². The van der Waals surface area contributed by atoms with Gasteiger partial charge in [0.15, 0.2) is 0 Å². The van der Waals surface area contributed by atoms with Crippen molar-refractivity contribution in [3.8, 4) is 0 Å². The van der Waals surface area contributed by atoms with Crippen molar-refractivity contribution in [2.45, 2.75) is 6.10 Å². The number of ether oxygens (including phenoxy) is 2. The van der Waals surface area contributed by atoms with E-state index in [1.807, 2.05) is 0 Å². The summed E-state index contributed by atoms with van der Waals surface area (Å²) in [6, 6.07) is 0. The molecule has 0 unspecified atom stereocenters. The fraction of sp³-hybridized carbons (Fsp3) is 1.00. The molecule has 0 fully saturated rings. The molecule has 0 saturated heterocycles. The van der Waals surface area contributed by atoms with E-state index in [1.165, 1.54) is 0 Å². The molecular weight excluding hydrogens is 216 g/mol. The average Bonchev–Trinajstić information content (AvgIpc) is 2.28. The highest BCUT2D eigenvalue weighted by Gasteiger charge is 2.03. The SMILES string of the molecule is [N-]=[N+]=NCCOCC(O)COCCN=[N+]=[N-]. The third kappa shape index (κ3) is 10.6. The maximum atomic E-state index is 9.31. The van der Waals surface area contributed by atoms with E-state index >= 15 is 0 Å². The van der Waals surface area contributed by atoms with Gasteiger partial charge in [0, 0.05) is 22.9 Å². The predicted octanol–water partition coefficient (Wildman–Crippen LogP) is 1.00. The van der Waals surface area contributed by atoms with Crippen LogP contribution in [0, 0.1) is 0 Å². The van der Waals surface area contributed by atoms with E-state index in [0.29, 0.717) is 0 Å². The van der Waals surface area contributed by atoms with Crippen molar-refractivity contribution in [1.29, 1.82) is 0 Å². The van der Waals surface area contributed by atoms with E-state index in [4.69, 9.17) is 20.5 Å². The smallest absolute Gasteiger partial charge is 0.101 e. The Hall–Kier alpha value is -1.50. The second-order valence-corrected chi connectivity index (χ2v) is 2.71. The first-order valence-electron chi connectivity index (χ1n) is 4.66. The Balaban J connectivity index is 3.26. The molecule has 0 saturated carbocycles. The van der Waals surface area contributed by atoms with Gasteiger partial charge in [-0.1, -0.05) is 10.2 Å². The van der Waals surface area contributed by atoms with Gasteiger partial charge in [-0.3, -0.25) is 0 Å². The summed E-state index contributed by atoms with van der Waals surface area (Å²) in [5.41, 5.74) is 15.9. The standard InChI is InChI=1S/C7H14N6O3/c8-12-10-1-3-15-5-7(14)6-16-4-2-11-13-9/h7,14H,1-6H2. The molecule has 0 aromatic rings. The second kappa shape index (κ2) is 11.6. The van der Waals surface area contributed by atoms with Gasteiger partial charge >= 0.3 is 0 Å². The van der Waals surface area contributed by atoms with E-state index in [9.17, 15) is 5.11 Å². The predicted molar refractivity (Wildman–Crippen MR) is 55.7 cm³/mol. The van der Waals surface area contributed by atoms with Crippen LogP contribution in [0.2, 0.25) is 0 Å². The molecule has 0 spiro atoms. The Bertz CT molecular complexity index is 235. The van der Waals surface area contributed by atoms with Gasteiger partial charge in [0.25, 0.3) is 0 Å². The van der Waals surface area contributed by atoms with Crippen LogP contribution in [0.3, 0.4) is 0 Å². The van der Waals surface area contributed by atoms with Crippen molar-refractivity contribution in [2.24, 2.45) is 10.2 Å². The Kier molecular flexibility index (Phi) is 10.5. The van der Waals surface area contributed by atoms with Gasteiger partial charge in [-0.15, -0.1) is 0 Å². The van der Waals surface area contributed by atoms with Crippen LogP contribution in [0.4, 0.5) is 0 Å². The van der Waals surface area contributed by atoms with Gasteiger partial charge in [0.1, 0.15) is 6.10 Å². The molecule has 0 bridgehead atoms. The molecule has 0 radical (unpaired) electrons. The molecule has 9 nitrogen and oxygen atoms in total. The normalized spacial score (nSPS) is 11.3. The summed E-state index contributed by atoms with van der Waals surface area (Å²) in [6.45, 7) is 1.23. The van der Waals surface area contributed by atoms with Crippen LogP contribution in [0.15, 0.2) is 10.2 Å². The van der Waals surface area contributed by atoms with Crippen LogP contribution in [-0.2, 0) is 9.47 Å². The number of aliphatic hydroxyl groups excluding tert-OH is 1. The molecule has 90 valence electrons. The van der Waals surface area contributed by atoms with Crippen molar-refractivity contribution in [3.05, 3.63) is 20.9 Å². The largest absolute Gasteiger partial charge is 0.388 e. The second-order valence-electron chi connectivity index (χ2n) is 2.71. The topological polar surface area (TPSA) is 136 Å². The fourth-order valence-corrected chi connectivity index (χ4v) is 0.787. The molecule has 0 aliphatic carbocycles. The van der Waals surface area contributed by atoms with Gasteiger partial charge in [0.05, 0.1) is 26.4 Å². The summed E-state index contributed by atoms with van der Waals surface area (Å²) in [5, 5.41) is 15.8. The minimum atomic E-state index is -0.739. The molecule has 0 amide bonds. The Morgan fingerprint density at radius 1 is 1.00 bits per heavy atom. The summed E-state index contributed by atoms with van der Waals surface area (Å²) in [4.78, 5) is 5.10. The summed E-state index contributed by atoms with van der Waals surface area (Å²) in [6.07, 6.45) is -0.739. The molecule has 0 aromatic carbocycles. The first kappa shape index (κ1) is 14.5. The van der Waals surface area contributed by atoms with Gasteiger partial charge in [-0.25, -0.2) is 0 Å². The van der Waals surface area contributed by atoms with Gasteiger partial charge < -0.3 is 14.6 Å². The Morgan fingerprint density at radius 2 is 1.44 bits per heavy atom. The molecule has 0 atom stereocenters. The molecule has 0 aliphatic heterocycles. The number of azide groups is 2. The van der Waals surface area contributed by atoms with Crippen LogP contribution in [0.25, 0.3) is 20.9 Å². The molecule has 0 heterocycles. The lowest BCUT2D eigenvalue weighted by Crippen LogP contribution is -2.23. The van der Waals surface area contributed by atoms with Crippen molar-refractivity contribution in [1.82, 2.24) is 0 Å². The molecule has 9 heteroatoms. The third-order valence-electron chi connectivity index (χ3n) is 1.42. The average molecular weight is 230 g/mol. The summed E-state index contributed by atoms with van der Waals surface area (Å²) >= 11 is 0. The van der Waals surface area contributed by atoms with E-state index in [2.05, 4.69) is 20.1 Å². The monoisotopic (exact) mass is 230 g/mol. The van der Waals surface area contributed by atoms with Crippen LogP contribution < -0.4 is 0 Å². The van der Waals surface area contributed by atoms with Crippen molar-refractivity contribution < 1.29 is 14.6 Å². The number of hydrogen-bond donors (Lipinski definition) is 1. The quantitative estimate of drug-likeness (QED) is 0.259. The van der Waals surface area contributed by atoms with Gasteiger partial charge in [0.2, 0.25) is 0 Å². The summed E-state index contributed by atoms with van der Waals surface area (Å²) in [7, 11) is 0. The molecule has 16 heavy (non-hydrogen) atoms. The van der Waals surface area contributed by atoms with Crippen LogP contribution in [-0.4, -0.2) is 50.7 Å². The highest BCUT2D eigenvalue weighted by Crippen LogP contribution is 1.88. The highest BCUT2D eigenvalue weighted by atomic mass is 16.5. The summed E-state index contributed by atoms with van der Waals surface area (Å²) < 4.78 is 10.00. The maximum Gasteiger partial charge on any atom is 0.101 e. The number of aliphatic hydroxyl groups is 1. The van der Waals surface area contributed by atoms with E-state index < -0.39 is 6.10 Å². The van der Waals surface area contributed by atoms with Crippen molar-refractivity contribution >= 4 is 0 Å². The van der Waals surface area contributed by atoms with Crippen LogP contribution in [0.1, 0.15) is 0 Å². The summed E-state index contributed by atoms with van der Waals surface area (Å²) in [5.74, 6) is 0. The zero-order valence-electron chi connectivity index (χ0n) is 8.77. The minimum absolute atomic E-state index is 0.114. The number of hydrogen-bond acceptors (Lipinski definition) is 5. The van der Waals surface area contributed by atoms with Crippen LogP contribution in [0.5, 0.6) is 0 Å². The highest BCUT2D eigenvalue weighted by molar-refractivity contribution is 4.53. The fourth-order valence-electron chi connectivity index (χ4n) is 0.787. The number of rotatable bonds is 10. The van der Waals surface area contributed by atoms with E-state index in [1.54, 1.807) is 0 Å². The molecule has 0 aromatic heterocycles. The van der Waals surface area contributed by atoms with E-state index in [-0.39, 0.29) is 39.5 Å². The lowest BCUT2D eigenvalue weighted by molar-refractivity contribution is -0.0154. The number of nitrogens with zero attached hydrogens (tertiary/aromatic N) is 6. The van der Waals surface area contributed by atoms with Gasteiger partial charge in [-0.05, 0) is 11.1 Å². The van der Waals surface area contributed by atoms with Gasteiger partial charge in [-0.2, -0.15) is 0 Å². The molecule has 0 aliphatic rings. The zero-order valence-corrected chi connectivity index (χ0v) is 8.77. The van der Waals surface area contributed by atoms with E-state index in [0.717, 1.165) is 0 Å². The van der Waals surface area contributed by atoms with Crippen LogP contribution >= 0.6 is 0 Å². The first-order chi connectivity index (χ1) is 7.81. The molecule has 1 N–H and O–H groups in total. The lowest BCUT2D eigenvalue weighted by Gasteiger charge is -2.10. The Morgan fingerprint density at radius 3 is 1.81 bits per heavy atom. The molecular formula is C7H14N6O3.